The van der Waals surface area contributed by atoms with E-state index in [9.17, 15) is 13.2 Å². The van der Waals surface area contributed by atoms with Crippen LogP contribution in [0.2, 0.25) is 0 Å². The number of fused-ring (bicyclic) bond motifs is 1. The minimum Gasteiger partial charge on any atom is -0.260 e. The van der Waals surface area contributed by atoms with Crippen LogP contribution in [0.25, 0.3) is 10.9 Å². The first-order chi connectivity index (χ1) is 8.19. The second-order valence-corrected chi connectivity index (χ2v) is 5.20. The largest absolute Gasteiger partial charge is 0.417 e. The van der Waals surface area contributed by atoms with Crippen LogP contribution in [0.15, 0.2) is 24.5 Å². The van der Waals surface area contributed by atoms with Gasteiger partial charge in [-0.15, -0.1) is 0 Å². The van der Waals surface area contributed by atoms with Gasteiger partial charge in [-0.3, -0.25) is 9.97 Å². The Bertz CT molecular complexity index is 583. The van der Waals surface area contributed by atoms with Crippen molar-refractivity contribution in [2.75, 3.05) is 0 Å². The maximum atomic E-state index is 12.7. The summed E-state index contributed by atoms with van der Waals surface area (Å²) in [5.41, 5.74) is 0.0841. The normalized spacial score (nSPS) is 13.0. The first-order valence-electron chi connectivity index (χ1n) is 5.52. The summed E-state index contributed by atoms with van der Waals surface area (Å²) < 4.78 is 38.1. The maximum Gasteiger partial charge on any atom is 0.417 e. The van der Waals surface area contributed by atoms with E-state index in [1.54, 1.807) is 12.3 Å². The molecule has 2 rings (SSSR count). The van der Waals surface area contributed by atoms with Crippen molar-refractivity contribution >= 4 is 10.9 Å². The van der Waals surface area contributed by atoms with Crippen LogP contribution in [0.1, 0.15) is 32.0 Å². The van der Waals surface area contributed by atoms with Crippen molar-refractivity contribution in [1.29, 1.82) is 0 Å². The fraction of sp³-hybridized carbons (Fsp3) is 0.385. The number of pyridine rings is 2. The molecule has 0 aliphatic heterocycles. The Morgan fingerprint density at radius 2 is 1.72 bits per heavy atom. The van der Waals surface area contributed by atoms with Crippen molar-refractivity contribution in [1.82, 2.24) is 9.97 Å². The molecule has 2 aromatic rings. The van der Waals surface area contributed by atoms with E-state index in [0.717, 1.165) is 12.3 Å². The zero-order chi connectivity index (χ0) is 13.6. The number of rotatable bonds is 0. The number of nitrogens with zero attached hydrogens (tertiary/aromatic N) is 2. The van der Waals surface area contributed by atoms with Crippen LogP contribution < -0.4 is 0 Å². The van der Waals surface area contributed by atoms with Crippen LogP contribution >= 0.6 is 0 Å². The second-order valence-electron chi connectivity index (χ2n) is 5.20. The lowest BCUT2D eigenvalue weighted by Gasteiger charge is -2.20. The van der Waals surface area contributed by atoms with Crippen molar-refractivity contribution in [3.05, 3.63) is 35.8 Å². The van der Waals surface area contributed by atoms with E-state index in [-0.39, 0.29) is 5.41 Å². The molecule has 2 nitrogen and oxygen atoms in total. The van der Waals surface area contributed by atoms with Crippen molar-refractivity contribution in [2.24, 2.45) is 0 Å². The number of hydrogen-bond acceptors (Lipinski definition) is 2. The lowest BCUT2D eigenvalue weighted by molar-refractivity contribution is -0.137. The van der Waals surface area contributed by atoms with Gasteiger partial charge in [-0.1, -0.05) is 20.8 Å². The summed E-state index contributed by atoms with van der Waals surface area (Å²) in [5, 5.41) is 0.458. The Kier molecular flexibility index (Phi) is 2.80. The van der Waals surface area contributed by atoms with Crippen molar-refractivity contribution in [3.63, 3.8) is 0 Å². The first kappa shape index (κ1) is 12.8. The van der Waals surface area contributed by atoms with E-state index in [2.05, 4.69) is 9.97 Å². The van der Waals surface area contributed by atoms with E-state index in [4.69, 9.17) is 0 Å². The van der Waals surface area contributed by atoms with Gasteiger partial charge in [0.15, 0.2) is 0 Å². The quantitative estimate of drug-likeness (QED) is 0.711. The predicted octanol–water partition coefficient (Wildman–Crippen LogP) is 3.95. The molecule has 2 heterocycles. The molecule has 5 heteroatoms. The topological polar surface area (TPSA) is 25.8 Å². The summed E-state index contributed by atoms with van der Waals surface area (Å²) in [4.78, 5) is 8.06. The van der Waals surface area contributed by atoms with Crippen LogP contribution in [0.3, 0.4) is 0 Å². The van der Waals surface area contributed by atoms with Crippen LogP contribution in [-0.4, -0.2) is 9.97 Å². The third-order valence-corrected chi connectivity index (χ3v) is 2.65. The van der Waals surface area contributed by atoms with E-state index in [1.807, 2.05) is 20.8 Å². The van der Waals surface area contributed by atoms with Crippen LogP contribution in [0.5, 0.6) is 0 Å². The Morgan fingerprint density at radius 3 is 2.28 bits per heavy atom. The van der Waals surface area contributed by atoms with Gasteiger partial charge >= 0.3 is 6.18 Å². The third kappa shape index (κ3) is 2.30. The second kappa shape index (κ2) is 3.93. The van der Waals surface area contributed by atoms with E-state index >= 15 is 0 Å². The van der Waals surface area contributed by atoms with Gasteiger partial charge in [0.25, 0.3) is 0 Å². The number of alkyl halides is 3. The summed E-state index contributed by atoms with van der Waals surface area (Å²) in [5.74, 6) is 0. The van der Waals surface area contributed by atoms with Gasteiger partial charge in [0.2, 0.25) is 0 Å². The zero-order valence-corrected chi connectivity index (χ0v) is 10.3. The third-order valence-electron chi connectivity index (χ3n) is 2.65. The zero-order valence-electron chi connectivity index (χ0n) is 10.3. The molecule has 18 heavy (non-hydrogen) atoms. The lowest BCUT2D eigenvalue weighted by Crippen LogP contribution is -2.15. The molecule has 2 aromatic heterocycles. The summed E-state index contributed by atoms with van der Waals surface area (Å²) >= 11 is 0. The van der Waals surface area contributed by atoms with Gasteiger partial charge < -0.3 is 0 Å². The van der Waals surface area contributed by atoms with Crippen molar-refractivity contribution in [3.8, 4) is 0 Å². The molecule has 0 fully saturated rings. The molecule has 0 aliphatic rings. The Balaban J connectivity index is 2.74. The molecular weight excluding hydrogens is 241 g/mol. The van der Waals surface area contributed by atoms with E-state index in [1.165, 1.54) is 0 Å². The highest BCUT2D eigenvalue weighted by atomic mass is 19.4. The van der Waals surface area contributed by atoms with Gasteiger partial charge in [0.05, 0.1) is 16.8 Å². The van der Waals surface area contributed by atoms with Gasteiger partial charge in [-0.2, -0.15) is 13.2 Å². The molecule has 0 saturated carbocycles. The van der Waals surface area contributed by atoms with Gasteiger partial charge in [-0.05, 0) is 12.1 Å². The molecule has 0 radical (unpaired) electrons. The summed E-state index contributed by atoms with van der Waals surface area (Å²) in [6, 6.07) is 2.74. The average molecular weight is 254 g/mol. The molecule has 0 aromatic carbocycles. The summed E-state index contributed by atoms with van der Waals surface area (Å²) in [7, 11) is 0. The van der Waals surface area contributed by atoms with Gasteiger partial charge in [-0.25, -0.2) is 0 Å². The molecule has 96 valence electrons. The molecule has 0 unspecified atom stereocenters. The fourth-order valence-corrected chi connectivity index (χ4v) is 1.80. The van der Waals surface area contributed by atoms with E-state index < -0.39 is 11.7 Å². The van der Waals surface area contributed by atoms with Crippen molar-refractivity contribution in [2.45, 2.75) is 32.4 Å². The smallest absolute Gasteiger partial charge is 0.260 e. The SMILES string of the molecule is CC(C)(C)c1nccc2ncc(C(F)(F)F)cc12. The highest BCUT2D eigenvalue weighted by Crippen LogP contribution is 2.33. The standard InChI is InChI=1S/C13H13F3N2/c1-12(2,3)11-9-6-8(13(14,15)16)7-18-10(9)4-5-17-11/h4-7H,1-3H3. The highest BCUT2D eigenvalue weighted by molar-refractivity contribution is 5.82. The Labute approximate surface area is 103 Å². The van der Waals surface area contributed by atoms with Crippen molar-refractivity contribution < 1.29 is 13.2 Å². The minimum atomic E-state index is -4.38. The molecule has 0 aliphatic carbocycles. The molecule has 0 spiro atoms. The van der Waals surface area contributed by atoms with Gasteiger partial charge in [0, 0.05) is 23.2 Å². The minimum absolute atomic E-state index is 0.328. The highest BCUT2D eigenvalue weighted by Gasteiger charge is 2.32. The molecule has 0 N–H and O–H groups in total. The summed E-state index contributed by atoms with van der Waals surface area (Å²) in [6.45, 7) is 5.74. The number of hydrogen-bond donors (Lipinski definition) is 0. The lowest BCUT2D eigenvalue weighted by atomic mass is 9.89. The van der Waals surface area contributed by atoms with Crippen LogP contribution in [0.4, 0.5) is 13.2 Å². The Morgan fingerprint density at radius 1 is 1.06 bits per heavy atom. The molecule has 0 amide bonds. The van der Waals surface area contributed by atoms with Gasteiger partial charge in [0.1, 0.15) is 0 Å². The first-order valence-corrected chi connectivity index (χ1v) is 5.52. The summed E-state index contributed by atoms with van der Waals surface area (Å²) in [6.07, 6.45) is -1.95. The van der Waals surface area contributed by atoms with Crippen LogP contribution in [-0.2, 0) is 11.6 Å². The number of halogens is 3. The monoisotopic (exact) mass is 254 g/mol. The Hall–Kier alpha value is -1.65. The van der Waals surface area contributed by atoms with E-state index in [0.29, 0.717) is 16.6 Å². The molecule has 0 atom stereocenters. The maximum absolute atomic E-state index is 12.7. The average Bonchev–Trinajstić information content (AvgIpc) is 2.25. The number of aromatic nitrogens is 2. The molecular formula is C13H13F3N2. The fourth-order valence-electron chi connectivity index (χ4n) is 1.80. The predicted molar refractivity (Wildman–Crippen MR) is 63.2 cm³/mol. The molecule has 0 bridgehead atoms. The molecule has 0 saturated heterocycles. The van der Waals surface area contributed by atoms with Crippen LogP contribution in [0, 0.1) is 0 Å².